The number of likely N-dealkylation sites (tertiary alicyclic amines) is 1. The largest absolute Gasteiger partial charge is 0.488 e. The molecule has 200 valence electrons. The van der Waals surface area contributed by atoms with E-state index >= 15 is 0 Å². The maximum atomic E-state index is 13.2. The minimum Gasteiger partial charge on any atom is -0.488 e. The Morgan fingerprint density at radius 1 is 1.19 bits per heavy atom. The van der Waals surface area contributed by atoms with Crippen molar-refractivity contribution in [2.24, 2.45) is 5.92 Å². The molecule has 37 heavy (non-hydrogen) atoms. The highest BCUT2D eigenvalue weighted by atomic mass is 19.4. The number of carbonyl (C=O) groups is 1. The van der Waals surface area contributed by atoms with Crippen molar-refractivity contribution in [1.29, 1.82) is 0 Å². The number of carbonyl (C=O) groups excluding carboxylic acids is 1. The summed E-state index contributed by atoms with van der Waals surface area (Å²) in [5, 5.41) is 0. The third kappa shape index (κ3) is 4.93. The van der Waals surface area contributed by atoms with E-state index in [1.54, 1.807) is 0 Å². The maximum absolute atomic E-state index is 13.2. The van der Waals surface area contributed by atoms with E-state index in [-0.39, 0.29) is 74.7 Å². The van der Waals surface area contributed by atoms with E-state index in [9.17, 15) is 26.7 Å². The van der Waals surface area contributed by atoms with Gasteiger partial charge in [-0.25, -0.2) is 18.7 Å². The van der Waals surface area contributed by atoms with E-state index in [4.69, 9.17) is 18.9 Å². The first-order valence-electron chi connectivity index (χ1n) is 11.7. The Morgan fingerprint density at radius 2 is 1.97 bits per heavy atom. The average molecular weight is 529 g/mol. The van der Waals surface area contributed by atoms with Gasteiger partial charge >= 0.3 is 6.18 Å². The molecule has 1 aliphatic carbocycles. The molecule has 2 aromatic rings. The zero-order valence-corrected chi connectivity index (χ0v) is 19.8. The number of rotatable bonds is 6. The van der Waals surface area contributed by atoms with Crippen LogP contribution in [-0.4, -0.2) is 66.4 Å². The summed E-state index contributed by atoms with van der Waals surface area (Å²) < 4.78 is 88.0. The summed E-state index contributed by atoms with van der Waals surface area (Å²) in [7, 11) is 1.35. The van der Waals surface area contributed by atoms with Crippen LogP contribution in [0.25, 0.3) is 0 Å². The van der Waals surface area contributed by atoms with Crippen LogP contribution in [0.5, 0.6) is 11.6 Å². The fraction of sp³-hybridized carbons (Fsp3) is 0.542. The summed E-state index contributed by atoms with van der Waals surface area (Å²) in [5.41, 5.74) is -2.08. The Balaban J connectivity index is 1.28. The number of amides is 1. The number of nitrogens with zero attached hydrogens (tertiary/aromatic N) is 3. The fourth-order valence-electron chi connectivity index (χ4n) is 4.93. The summed E-state index contributed by atoms with van der Waals surface area (Å²) in [6.07, 6.45) is -5.65. The van der Waals surface area contributed by atoms with Crippen LogP contribution in [0.2, 0.25) is 0 Å². The molecule has 0 radical (unpaired) electrons. The molecule has 2 aromatic heterocycles. The van der Waals surface area contributed by atoms with Crippen molar-refractivity contribution in [3.05, 3.63) is 47.4 Å². The van der Waals surface area contributed by atoms with Crippen LogP contribution in [0, 0.1) is 5.92 Å². The summed E-state index contributed by atoms with van der Waals surface area (Å²) in [6.45, 7) is 0.150. The normalized spacial score (nSPS) is 25.4. The number of piperidine rings is 1. The van der Waals surface area contributed by atoms with Gasteiger partial charge in [0.15, 0.2) is 5.75 Å². The number of fused-ring (bicyclic) bond motifs is 1. The van der Waals surface area contributed by atoms with Gasteiger partial charge in [0.05, 0.1) is 26.0 Å². The molecule has 8 nitrogen and oxygen atoms in total. The van der Waals surface area contributed by atoms with Gasteiger partial charge in [0, 0.05) is 31.7 Å². The van der Waals surface area contributed by atoms with Crippen LogP contribution >= 0.6 is 0 Å². The van der Waals surface area contributed by atoms with Crippen LogP contribution < -0.4 is 9.47 Å². The van der Waals surface area contributed by atoms with Crippen molar-refractivity contribution in [3.63, 3.8) is 0 Å². The molecule has 3 aliphatic rings. The molecule has 0 aromatic carbocycles. The second-order valence-corrected chi connectivity index (χ2v) is 9.36. The van der Waals surface area contributed by atoms with E-state index in [0.29, 0.717) is 0 Å². The first-order valence-corrected chi connectivity index (χ1v) is 11.7. The molecule has 0 N–H and O–H groups in total. The standard InChI is InChI=1S/C24H24F5N3O5/c1-34-20-16(35-12-14-9-22(25,26)10-14)6-5-15(30-20)21(33)32-8-7-23(19(11-32)36-13-37-23)17-3-2-4-18(31-17)24(27,28)29/h2-6,14,19H,7-13H2,1H3/t19-,23-/m1/s1. The van der Waals surface area contributed by atoms with Gasteiger partial charge in [0.2, 0.25) is 5.92 Å². The molecule has 2 aliphatic heterocycles. The summed E-state index contributed by atoms with van der Waals surface area (Å²) in [6, 6.07) is 6.55. The van der Waals surface area contributed by atoms with E-state index in [1.807, 2.05) is 0 Å². The molecular formula is C24H24F5N3O5. The number of pyridine rings is 2. The lowest BCUT2D eigenvalue weighted by Crippen LogP contribution is -2.54. The van der Waals surface area contributed by atoms with Gasteiger partial charge in [0.25, 0.3) is 11.8 Å². The van der Waals surface area contributed by atoms with Gasteiger partial charge in [-0.3, -0.25) is 4.79 Å². The molecule has 0 spiro atoms. The number of hydrogen-bond acceptors (Lipinski definition) is 7. The highest BCUT2D eigenvalue weighted by Gasteiger charge is 2.53. The second-order valence-electron chi connectivity index (χ2n) is 9.36. The molecule has 5 rings (SSSR count). The van der Waals surface area contributed by atoms with Crippen LogP contribution in [0.3, 0.4) is 0 Å². The first-order chi connectivity index (χ1) is 17.5. The minimum atomic E-state index is -4.61. The van der Waals surface area contributed by atoms with Crippen molar-refractivity contribution < 1.29 is 45.7 Å². The van der Waals surface area contributed by atoms with Crippen molar-refractivity contribution in [2.75, 3.05) is 33.6 Å². The van der Waals surface area contributed by atoms with Gasteiger partial charge in [-0.1, -0.05) is 6.07 Å². The number of alkyl halides is 5. The molecule has 4 heterocycles. The van der Waals surface area contributed by atoms with Gasteiger partial charge < -0.3 is 23.8 Å². The molecular weight excluding hydrogens is 505 g/mol. The summed E-state index contributed by atoms with van der Waals surface area (Å²) >= 11 is 0. The lowest BCUT2D eigenvalue weighted by Gasteiger charge is -2.41. The molecule has 0 unspecified atom stereocenters. The van der Waals surface area contributed by atoms with Gasteiger partial charge in [-0.15, -0.1) is 0 Å². The molecule has 13 heteroatoms. The number of aromatic nitrogens is 2. The average Bonchev–Trinajstić information content (AvgIpc) is 3.29. The predicted molar refractivity (Wildman–Crippen MR) is 116 cm³/mol. The van der Waals surface area contributed by atoms with Crippen LogP contribution in [0.1, 0.15) is 41.1 Å². The highest BCUT2D eigenvalue weighted by Crippen LogP contribution is 2.44. The Morgan fingerprint density at radius 3 is 2.68 bits per heavy atom. The molecule has 1 amide bonds. The van der Waals surface area contributed by atoms with Crippen LogP contribution in [0.15, 0.2) is 30.3 Å². The second kappa shape index (κ2) is 9.35. The number of ether oxygens (including phenoxy) is 4. The van der Waals surface area contributed by atoms with Gasteiger partial charge in [0.1, 0.15) is 29.9 Å². The van der Waals surface area contributed by atoms with E-state index < -0.39 is 35.4 Å². The topological polar surface area (TPSA) is 83.0 Å². The monoisotopic (exact) mass is 529 g/mol. The van der Waals surface area contributed by atoms with Crippen molar-refractivity contribution in [1.82, 2.24) is 14.9 Å². The quantitative estimate of drug-likeness (QED) is 0.523. The Hall–Kier alpha value is -3.06. The number of methoxy groups -OCH3 is 1. The minimum absolute atomic E-state index is 0.0388. The third-order valence-electron chi connectivity index (χ3n) is 6.89. The molecule has 1 saturated carbocycles. The fourth-order valence-corrected chi connectivity index (χ4v) is 4.93. The SMILES string of the molecule is COc1nc(C(=O)N2CC[C@]3(c4cccc(C(F)(F)F)n4)OCO[C@@H]3C2)ccc1OCC1CC(F)(F)C1. The Labute approximate surface area is 208 Å². The van der Waals surface area contributed by atoms with Crippen molar-refractivity contribution >= 4 is 5.91 Å². The predicted octanol–water partition coefficient (Wildman–Crippen LogP) is 4.04. The first kappa shape index (κ1) is 25.6. The third-order valence-corrected chi connectivity index (χ3v) is 6.89. The number of halogens is 5. The summed E-state index contributed by atoms with van der Waals surface area (Å²) in [4.78, 5) is 22.7. The zero-order valence-electron chi connectivity index (χ0n) is 19.8. The van der Waals surface area contributed by atoms with Crippen molar-refractivity contribution in [2.45, 2.75) is 43.1 Å². The lowest BCUT2D eigenvalue weighted by molar-refractivity contribution is -0.141. The van der Waals surface area contributed by atoms with Crippen LogP contribution in [0.4, 0.5) is 22.0 Å². The van der Waals surface area contributed by atoms with Gasteiger partial charge in [-0.2, -0.15) is 13.2 Å². The Bertz CT molecular complexity index is 1170. The van der Waals surface area contributed by atoms with E-state index in [1.165, 1.54) is 36.3 Å². The zero-order chi connectivity index (χ0) is 26.4. The summed E-state index contributed by atoms with van der Waals surface area (Å²) in [5.74, 6) is -3.09. The Kier molecular flexibility index (Phi) is 6.47. The molecule has 0 bridgehead atoms. The van der Waals surface area contributed by atoms with E-state index in [0.717, 1.165) is 6.07 Å². The van der Waals surface area contributed by atoms with E-state index in [2.05, 4.69) is 9.97 Å². The molecule has 3 fully saturated rings. The molecule has 2 atom stereocenters. The maximum Gasteiger partial charge on any atom is 0.433 e. The molecule has 2 saturated heterocycles. The number of hydrogen-bond donors (Lipinski definition) is 0. The highest BCUT2D eigenvalue weighted by molar-refractivity contribution is 5.92. The van der Waals surface area contributed by atoms with Crippen molar-refractivity contribution in [3.8, 4) is 11.6 Å². The lowest BCUT2D eigenvalue weighted by atomic mass is 9.82. The van der Waals surface area contributed by atoms with Gasteiger partial charge in [-0.05, 0) is 24.3 Å². The smallest absolute Gasteiger partial charge is 0.433 e. The van der Waals surface area contributed by atoms with Crippen LogP contribution in [-0.2, 0) is 21.3 Å².